The van der Waals surface area contributed by atoms with Crippen molar-refractivity contribution in [3.63, 3.8) is 0 Å². The van der Waals surface area contributed by atoms with Gasteiger partial charge in [-0.3, -0.25) is 0 Å². The topological polar surface area (TPSA) is 29.9 Å². The molecule has 4 heteroatoms. The predicted molar refractivity (Wildman–Crippen MR) is 70.9 cm³/mol. The van der Waals surface area contributed by atoms with E-state index in [-0.39, 0.29) is 5.41 Å². The van der Waals surface area contributed by atoms with E-state index >= 15 is 0 Å². The Balaban J connectivity index is 2.35. The highest BCUT2D eigenvalue weighted by Gasteiger charge is 2.25. The second kappa shape index (κ2) is 4.06. The smallest absolute Gasteiger partial charge is 0.139 e. The molecule has 0 fully saturated rings. The highest BCUT2D eigenvalue weighted by Crippen LogP contribution is 2.35. The maximum Gasteiger partial charge on any atom is 0.139 e. The Morgan fingerprint density at radius 2 is 2.19 bits per heavy atom. The van der Waals surface area contributed by atoms with Gasteiger partial charge in [-0.1, -0.05) is 20.8 Å². The van der Waals surface area contributed by atoms with Crippen LogP contribution in [0.4, 0.5) is 5.82 Å². The van der Waals surface area contributed by atoms with Gasteiger partial charge in [0.2, 0.25) is 0 Å². The molecule has 1 aliphatic heterocycles. The molecule has 90 valence electrons. The molecule has 1 N–H and O–H groups in total. The monoisotopic (exact) mass is 285 g/mol. The van der Waals surface area contributed by atoms with Crippen LogP contribution in [0.25, 0.3) is 0 Å². The molecule has 0 bridgehead atoms. The number of nitrogens with one attached hydrogen (secondary N) is 1. The van der Waals surface area contributed by atoms with E-state index in [9.17, 15) is 0 Å². The number of fused-ring (bicyclic) bond motifs is 1. The van der Waals surface area contributed by atoms with Crippen molar-refractivity contribution in [3.05, 3.63) is 10.2 Å². The summed E-state index contributed by atoms with van der Waals surface area (Å²) in [6.07, 6.45) is 2.15. The van der Waals surface area contributed by atoms with Crippen LogP contribution in [0.1, 0.15) is 45.9 Å². The van der Waals surface area contributed by atoms with Crippen molar-refractivity contribution in [1.29, 1.82) is 0 Å². The van der Waals surface area contributed by atoms with Crippen LogP contribution >= 0.6 is 15.9 Å². The van der Waals surface area contributed by atoms with Gasteiger partial charge in [0.15, 0.2) is 0 Å². The quantitative estimate of drug-likeness (QED) is 0.854. The zero-order valence-corrected chi connectivity index (χ0v) is 12.1. The predicted octanol–water partition coefficient (Wildman–Crippen LogP) is 3.61. The number of halogens is 1. The molecule has 2 rings (SSSR count). The van der Waals surface area contributed by atoms with Crippen LogP contribution in [0, 0.1) is 5.41 Å². The standard InChI is InChI=1S/C12H20BrN3/c1-8-5-6-14-11-10(13)9(15-16(8)11)7-12(2,3)4/h8,14H,5-7H2,1-4H3. The number of hydrogen-bond donors (Lipinski definition) is 1. The van der Waals surface area contributed by atoms with Gasteiger partial charge in [-0.2, -0.15) is 5.10 Å². The van der Waals surface area contributed by atoms with Crippen molar-refractivity contribution < 1.29 is 0 Å². The van der Waals surface area contributed by atoms with Gasteiger partial charge in [-0.05, 0) is 41.1 Å². The lowest BCUT2D eigenvalue weighted by molar-refractivity contribution is 0.395. The Hall–Kier alpha value is -0.510. The van der Waals surface area contributed by atoms with Gasteiger partial charge in [0.1, 0.15) is 5.82 Å². The number of aromatic nitrogens is 2. The maximum atomic E-state index is 4.72. The molecule has 0 aromatic carbocycles. The fraction of sp³-hybridized carbons (Fsp3) is 0.750. The molecule has 1 aromatic heterocycles. The largest absolute Gasteiger partial charge is 0.369 e. The minimum atomic E-state index is 0.274. The second-order valence-corrected chi connectivity index (χ2v) is 6.65. The van der Waals surface area contributed by atoms with Crippen LogP contribution in [0.2, 0.25) is 0 Å². The molecule has 0 saturated carbocycles. The van der Waals surface area contributed by atoms with Crippen LogP contribution in [-0.4, -0.2) is 16.3 Å². The van der Waals surface area contributed by atoms with Crippen molar-refractivity contribution in [2.24, 2.45) is 5.41 Å². The summed E-state index contributed by atoms with van der Waals surface area (Å²) in [6.45, 7) is 10.0. The molecule has 1 aliphatic rings. The van der Waals surface area contributed by atoms with E-state index in [1.54, 1.807) is 0 Å². The number of nitrogens with zero attached hydrogens (tertiary/aromatic N) is 2. The summed E-state index contributed by atoms with van der Waals surface area (Å²) in [5.74, 6) is 1.15. The third-order valence-electron chi connectivity index (χ3n) is 2.89. The lowest BCUT2D eigenvalue weighted by Gasteiger charge is -2.22. The first kappa shape index (κ1) is 12.0. The van der Waals surface area contributed by atoms with Gasteiger partial charge in [-0.15, -0.1) is 0 Å². The minimum absolute atomic E-state index is 0.274. The first-order valence-electron chi connectivity index (χ1n) is 5.89. The molecule has 1 aromatic rings. The van der Waals surface area contributed by atoms with Crippen molar-refractivity contribution in [3.8, 4) is 0 Å². The molecule has 2 heterocycles. The van der Waals surface area contributed by atoms with E-state index in [0.29, 0.717) is 6.04 Å². The van der Waals surface area contributed by atoms with E-state index in [4.69, 9.17) is 5.10 Å². The van der Waals surface area contributed by atoms with Gasteiger partial charge in [0.05, 0.1) is 16.2 Å². The van der Waals surface area contributed by atoms with Crippen LogP contribution in [-0.2, 0) is 6.42 Å². The molecule has 1 atom stereocenters. The normalized spacial score (nSPS) is 20.4. The van der Waals surface area contributed by atoms with Crippen LogP contribution in [0.5, 0.6) is 0 Å². The van der Waals surface area contributed by atoms with E-state index in [1.165, 1.54) is 5.69 Å². The number of rotatable bonds is 1. The lowest BCUT2D eigenvalue weighted by atomic mass is 9.91. The molecule has 0 saturated heterocycles. The summed E-state index contributed by atoms with van der Waals surface area (Å²) >= 11 is 3.67. The highest BCUT2D eigenvalue weighted by molar-refractivity contribution is 9.10. The average Bonchev–Trinajstić information content (AvgIpc) is 2.44. The van der Waals surface area contributed by atoms with Crippen LogP contribution in [0.15, 0.2) is 4.47 Å². The molecule has 0 amide bonds. The zero-order valence-electron chi connectivity index (χ0n) is 10.5. The van der Waals surface area contributed by atoms with E-state index < -0.39 is 0 Å². The summed E-state index contributed by atoms with van der Waals surface area (Å²) < 4.78 is 3.27. The lowest BCUT2D eigenvalue weighted by Crippen LogP contribution is -2.21. The van der Waals surface area contributed by atoms with E-state index in [0.717, 1.165) is 29.7 Å². The number of hydrogen-bond acceptors (Lipinski definition) is 2. The average molecular weight is 286 g/mol. The fourth-order valence-electron chi connectivity index (χ4n) is 2.08. The first-order valence-corrected chi connectivity index (χ1v) is 6.68. The highest BCUT2D eigenvalue weighted by atomic mass is 79.9. The maximum absolute atomic E-state index is 4.72. The van der Waals surface area contributed by atoms with Gasteiger partial charge in [-0.25, -0.2) is 4.68 Å². The van der Waals surface area contributed by atoms with Gasteiger partial charge in [0.25, 0.3) is 0 Å². The molecular formula is C12H20BrN3. The summed E-state index contributed by atoms with van der Waals surface area (Å²) in [4.78, 5) is 0. The van der Waals surface area contributed by atoms with Crippen molar-refractivity contribution in [1.82, 2.24) is 9.78 Å². The summed E-state index contributed by atoms with van der Waals surface area (Å²) in [5.41, 5.74) is 1.44. The fourth-order valence-corrected chi connectivity index (χ4v) is 2.62. The third-order valence-corrected chi connectivity index (χ3v) is 3.72. The molecule has 16 heavy (non-hydrogen) atoms. The Labute approximate surface area is 106 Å². The van der Waals surface area contributed by atoms with E-state index in [2.05, 4.69) is 53.6 Å². The molecule has 0 spiro atoms. The summed E-state index contributed by atoms with van der Waals surface area (Å²) in [7, 11) is 0. The summed E-state index contributed by atoms with van der Waals surface area (Å²) in [5, 5.41) is 8.15. The van der Waals surface area contributed by atoms with E-state index in [1.807, 2.05) is 0 Å². The SMILES string of the molecule is CC1CCNc2c(Br)c(CC(C)(C)C)nn21. The van der Waals surface area contributed by atoms with Crippen molar-refractivity contribution in [2.75, 3.05) is 11.9 Å². The van der Waals surface area contributed by atoms with Gasteiger partial charge in [0, 0.05) is 6.54 Å². The Bertz CT molecular complexity index is 390. The van der Waals surface area contributed by atoms with Gasteiger partial charge < -0.3 is 5.32 Å². The van der Waals surface area contributed by atoms with Crippen molar-refractivity contribution in [2.45, 2.75) is 46.6 Å². The first-order chi connectivity index (χ1) is 7.38. The Kier molecular flexibility index (Phi) is 3.03. The third kappa shape index (κ3) is 2.26. The van der Waals surface area contributed by atoms with Crippen LogP contribution < -0.4 is 5.32 Å². The van der Waals surface area contributed by atoms with Crippen molar-refractivity contribution >= 4 is 21.7 Å². The molecule has 1 unspecified atom stereocenters. The molecule has 0 aliphatic carbocycles. The molecule has 3 nitrogen and oxygen atoms in total. The molecular weight excluding hydrogens is 266 g/mol. The van der Waals surface area contributed by atoms with Crippen LogP contribution in [0.3, 0.4) is 0 Å². The zero-order chi connectivity index (χ0) is 11.9. The minimum Gasteiger partial charge on any atom is -0.369 e. The second-order valence-electron chi connectivity index (χ2n) is 5.86. The Morgan fingerprint density at radius 3 is 2.75 bits per heavy atom. The Morgan fingerprint density at radius 1 is 1.50 bits per heavy atom. The molecule has 0 radical (unpaired) electrons. The summed E-state index contributed by atoms with van der Waals surface area (Å²) in [6, 6.07) is 0.501. The number of anilines is 1. The van der Waals surface area contributed by atoms with Gasteiger partial charge >= 0.3 is 0 Å².